The molecule has 6 rings (SSSR count). The summed E-state index contributed by atoms with van der Waals surface area (Å²) in [4.78, 5) is 49.0. The lowest BCUT2D eigenvalue weighted by molar-refractivity contribution is -0.145. The maximum absolute atomic E-state index is 14.8. The van der Waals surface area contributed by atoms with E-state index in [0.29, 0.717) is 32.7 Å². The van der Waals surface area contributed by atoms with Crippen molar-refractivity contribution in [1.82, 2.24) is 9.80 Å². The molecule has 3 amide bonds. The fraction of sp³-hybridized carbons (Fsp3) is 0.457. The van der Waals surface area contributed by atoms with Crippen LogP contribution in [0.5, 0.6) is 5.75 Å². The number of hydrogen-bond donors (Lipinski definition) is 1. The Labute approximate surface area is 263 Å². The second-order valence-corrected chi connectivity index (χ2v) is 13.4. The molecule has 0 radical (unpaired) electrons. The lowest BCUT2D eigenvalue weighted by Crippen LogP contribution is -2.57. The molecule has 1 N–H and O–H groups in total. The van der Waals surface area contributed by atoms with Crippen molar-refractivity contribution in [3.8, 4) is 5.75 Å². The minimum Gasteiger partial charge on any atom is -0.494 e. The number of benzene rings is 2. The second-order valence-electron chi connectivity index (χ2n) is 12.0. The lowest BCUT2D eigenvalue weighted by Gasteiger charge is -2.38. The quantitative estimate of drug-likeness (QED) is 0.405. The standard InChI is InChI=1S/C35H41N3O5S/c1-3-5-19-36-20-10-18-35-30(33(41)38(31(35)34(36)42)26(23-39)22-24-11-7-6-8-12-24)29-28(44-35)13-9-21-37(32(29)40)25-14-16-27(17-15-25)43-4-2/h6-18,26,28-31,39H,3-5,19-23H2,1-2H3/t26-,28-,29+,30+,31?,35+/m1/s1. The molecule has 9 heteroatoms. The number of amides is 3. The molecule has 2 aromatic carbocycles. The van der Waals surface area contributed by atoms with Gasteiger partial charge in [0.15, 0.2) is 0 Å². The second kappa shape index (κ2) is 12.8. The minimum atomic E-state index is -0.920. The van der Waals surface area contributed by atoms with Gasteiger partial charge in [-0.1, -0.05) is 68.0 Å². The molecule has 4 aliphatic rings. The first-order chi connectivity index (χ1) is 21.4. The summed E-state index contributed by atoms with van der Waals surface area (Å²) in [5.41, 5.74) is 1.72. The highest BCUT2D eigenvalue weighted by Crippen LogP contribution is 2.61. The molecule has 232 valence electrons. The summed E-state index contributed by atoms with van der Waals surface area (Å²) in [6.07, 6.45) is 10.3. The van der Waals surface area contributed by atoms with Gasteiger partial charge in [0.2, 0.25) is 17.7 Å². The summed E-state index contributed by atoms with van der Waals surface area (Å²) in [5, 5.41) is 10.5. The van der Waals surface area contributed by atoms with Gasteiger partial charge in [-0.25, -0.2) is 0 Å². The number of thioether (sulfide) groups is 1. The van der Waals surface area contributed by atoms with Crippen molar-refractivity contribution in [3.05, 3.63) is 84.5 Å². The Hall–Kier alpha value is -3.56. The van der Waals surface area contributed by atoms with E-state index in [1.165, 1.54) is 0 Å². The topological polar surface area (TPSA) is 90.4 Å². The number of anilines is 1. The van der Waals surface area contributed by atoms with Crippen LogP contribution >= 0.6 is 11.8 Å². The zero-order valence-electron chi connectivity index (χ0n) is 25.4. The van der Waals surface area contributed by atoms with Crippen LogP contribution in [0.2, 0.25) is 0 Å². The predicted molar refractivity (Wildman–Crippen MR) is 172 cm³/mol. The molecular weight excluding hydrogens is 574 g/mol. The van der Waals surface area contributed by atoms with Crippen molar-refractivity contribution >= 4 is 35.2 Å². The van der Waals surface area contributed by atoms with Gasteiger partial charge in [0.05, 0.1) is 35.8 Å². The highest BCUT2D eigenvalue weighted by atomic mass is 32.2. The van der Waals surface area contributed by atoms with E-state index in [1.807, 2.05) is 84.6 Å². The predicted octanol–water partition coefficient (Wildman–Crippen LogP) is 4.09. The summed E-state index contributed by atoms with van der Waals surface area (Å²) in [6, 6.07) is 15.8. The zero-order valence-corrected chi connectivity index (χ0v) is 26.2. The van der Waals surface area contributed by atoms with Crippen molar-refractivity contribution in [1.29, 1.82) is 0 Å². The van der Waals surface area contributed by atoms with Crippen LogP contribution in [0.1, 0.15) is 32.3 Å². The normalized spacial score (nSPS) is 28.4. The van der Waals surface area contributed by atoms with E-state index < -0.39 is 28.7 Å². The molecule has 8 nitrogen and oxygen atoms in total. The molecule has 6 atom stereocenters. The van der Waals surface area contributed by atoms with Crippen molar-refractivity contribution < 1.29 is 24.2 Å². The van der Waals surface area contributed by atoms with E-state index in [2.05, 4.69) is 13.0 Å². The number of carbonyl (C=O) groups is 3. The van der Waals surface area contributed by atoms with Gasteiger partial charge in [-0.05, 0) is 49.6 Å². The number of aliphatic hydroxyl groups is 1. The number of unbranched alkanes of at least 4 members (excludes halogenated alkanes) is 1. The Kier molecular flexibility index (Phi) is 8.87. The van der Waals surface area contributed by atoms with Crippen LogP contribution in [0.25, 0.3) is 0 Å². The smallest absolute Gasteiger partial charge is 0.247 e. The summed E-state index contributed by atoms with van der Waals surface area (Å²) in [5.74, 6) is -1.11. The minimum absolute atomic E-state index is 0.102. The third kappa shape index (κ3) is 5.24. The molecule has 2 fully saturated rings. The number of rotatable bonds is 10. The molecule has 2 aromatic rings. The molecule has 1 unspecified atom stereocenters. The number of nitrogens with zero attached hydrogens (tertiary/aromatic N) is 3. The van der Waals surface area contributed by atoms with E-state index >= 15 is 0 Å². The van der Waals surface area contributed by atoms with Gasteiger partial charge in [-0.15, -0.1) is 11.8 Å². The Morgan fingerprint density at radius 2 is 1.75 bits per heavy atom. The molecule has 0 saturated carbocycles. The zero-order chi connectivity index (χ0) is 30.8. The number of hydrogen-bond acceptors (Lipinski definition) is 6. The number of fused-ring (bicyclic) bond motifs is 2. The van der Waals surface area contributed by atoms with Gasteiger partial charge < -0.3 is 24.5 Å². The van der Waals surface area contributed by atoms with E-state index in [-0.39, 0.29) is 29.6 Å². The van der Waals surface area contributed by atoms with Crippen molar-refractivity contribution in [2.75, 3.05) is 37.7 Å². The summed E-state index contributed by atoms with van der Waals surface area (Å²) in [7, 11) is 0. The maximum atomic E-state index is 14.8. The Bertz CT molecular complexity index is 1430. The van der Waals surface area contributed by atoms with Gasteiger partial charge in [0.1, 0.15) is 11.8 Å². The van der Waals surface area contributed by atoms with E-state index in [9.17, 15) is 19.5 Å². The molecule has 4 heterocycles. The number of ether oxygens (including phenoxy) is 1. The molecular formula is C35H41N3O5S. The van der Waals surface area contributed by atoms with Crippen LogP contribution < -0.4 is 9.64 Å². The van der Waals surface area contributed by atoms with Crippen molar-refractivity contribution in [3.63, 3.8) is 0 Å². The molecule has 0 aromatic heterocycles. The monoisotopic (exact) mass is 615 g/mol. The molecule has 44 heavy (non-hydrogen) atoms. The molecule has 2 saturated heterocycles. The average molecular weight is 616 g/mol. The van der Waals surface area contributed by atoms with Gasteiger partial charge >= 0.3 is 0 Å². The van der Waals surface area contributed by atoms with E-state index in [1.54, 1.807) is 21.6 Å². The van der Waals surface area contributed by atoms with Gasteiger partial charge in [-0.3, -0.25) is 14.4 Å². The van der Waals surface area contributed by atoms with Crippen LogP contribution in [-0.2, 0) is 20.8 Å². The van der Waals surface area contributed by atoms with Gasteiger partial charge in [0.25, 0.3) is 0 Å². The van der Waals surface area contributed by atoms with Crippen LogP contribution in [0.4, 0.5) is 5.69 Å². The fourth-order valence-electron chi connectivity index (χ4n) is 7.32. The van der Waals surface area contributed by atoms with E-state index in [4.69, 9.17) is 4.74 Å². The van der Waals surface area contributed by atoms with Gasteiger partial charge in [0, 0.05) is 30.6 Å². The van der Waals surface area contributed by atoms with Crippen molar-refractivity contribution in [2.24, 2.45) is 11.8 Å². The molecule has 1 spiro atoms. The largest absolute Gasteiger partial charge is 0.494 e. The van der Waals surface area contributed by atoms with Crippen LogP contribution in [0, 0.1) is 11.8 Å². The van der Waals surface area contributed by atoms with Gasteiger partial charge in [-0.2, -0.15) is 0 Å². The summed E-state index contributed by atoms with van der Waals surface area (Å²) >= 11 is 1.57. The summed E-state index contributed by atoms with van der Waals surface area (Å²) in [6.45, 7) is 5.76. The molecule has 0 bridgehead atoms. The van der Waals surface area contributed by atoms with Crippen molar-refractivity contribution in [2.45, 2.75) is 55.2 Å². The lowest BCUT2D eigenvalue weighted by atomic mass is 9.78. The maximum Gasteiger partial charge on any atom is 0.247 e. The third-order valence-electron chi connectivity index (χ3n) is 9.34. The molecule has 0 aliphatic carbocycles. The first-order valence-electron chi connectivity index (χ1n) is 15.8. The Balaban J connectivity index is 1.41. The fourth-order valence-corrected chi connectivity index (χ4v) is 9.32. The number of aliphatic hydroxyl groups excluding tert-OH is 1. The van der Waals surface area contributed by atoms with E-state index in [0.717, 1.165) is 29.8 Å². The number of likely N-dealkylation sites (tertiary alicyclic amines) is 1. The summed E-state index contributed by atoms with van der Waals surface area (Å²) < 4.78 is 4.69. The number of carbonyl (C=O) groups excluding carboxylic acids is 3. The highest BCUT2D eigenvalue weighted by Gasteiger charge is 2.71. The third-order valence-corrected chi connectivity index (χ3v) is 11.1. The Morgan fingerprint density at radius 1 is 0.977 bits per heavy atom. The van der Waals surface area contributed by atoms with Crippen LogP contribution in [0.3, 0.4) is 0 Å². The first-order valence-corrected chi connectivity index (χ1v) is 16.6. The first kappa shape index (κ1) is 30.5. The van der Waals surface area contributed by atoms with Crippen LogP contribution in [0.15, 0.2) is 78.9 Å². The Morgan fingerprint density at radius 3 is 2.45 bits per heavy atom. The SMILES string of the molecule is CCCCN1CC=C[C@]23S[C@@H]4C=CCN(c5ccc(OCC)cc5)C(=O)[C@@H]4[C@H]2C(=O)N([C@@H](CO)Cc2ccccc2)C3C1=O. The average Bonchev–Trinajstić information content (AvgIpc) is 3.36. The highest BCUT2D eigenvalue weighted by molar-refractivity contribution is 8.02. The van der Waals surface area contributed by atoms with Crippen LogP contribution in [-0.4, -0.2) is 87.6 Å². The molecule has 4 aliphatic heterocycles.